The molecule has 3 nitrogen and oxygen atoms in total. The molecule has 1 saturated carbocycles. The van der Waals surface area contributed by atoms with E-state index in [1.165, 1.54) is 18.4 Å². The summed E-state index contributed by atoms with van der Waals surface area (Å²) in [7, 11) is 0. The van der Waals surface area contributed by atoms with Crippen molar-refractivity contribution in [3.05, 3.63) is 28.2 Å². The van der Waals surface area contributed by atoms with Gasteiger partial charge in [-0.15, -0.1) is 0 Å². The van der Waals surface area contributed by atoms with Gasteiger partial charge < -0.3 is 14.8 Å². The molecule has 0 bridgehead atoms. The van der Waals surface area contributed by atoms with E-state index in [0.29, 0.717) is 5.92 Å². The number of nitrogens with one attached hydrogen (secondary N) is 1. The van der Waals surface area contributed by atoms with Crippen LogP contribution in [0.15, 0.2) is 22.7 Å². The lowest BCUT2D eigenvalue weighted by atomic mass is 10.0. The number of hydrogen-bond acceptors (Lipinski definition) is 3. The summed E-state index contributed by atoms with van der Waals surface area (Å²) in [5.41, 5.74) is 1.31. The highest BCUT2D eigenvalue weighted by molar-refractivity contribution is 9.10. The van der Waals surface area contributed by atoms with Gasteiger partial charge >= 0.3 is 0 Å². The van der Waals surface area contributed by atoms with Crippen LogP contribution < -0.4 is 10.1 Å². The van der Waals surface area contributed by atoms with Gasteiger partial charge in [0.05, 0.1) is 11.1 Å². The van der Waals surface area contributed by atoms with E-state index in [0.717, 1.165) is 55.5 Å². The monoisotopic (exact) mass is 339 g/mol. The van der Waals surface area contributed by atoms with Crippen molar-refractivity contribution in [2.24, 2.45) is 5.92 Å². The Morgan fingerprint density at radius 2 is 2.00 bits per heavy atom. The number of rotatable bonds is 6. The first-order chi connectivity index (χ1) is 9.81. The third-order valence-electron chi connectivity index (χ3n) is 3.98. The second-order valence-electron chi connectivity index (χ2n) is 5.79. The molecule has 2 aliphatic rings. The van der Waals surface area contributed by atoms with E-state index < -0.39 is 0 Å². The van der Waals surface area contributed by atoms with E-state index in [1.54, 1.807) is 0 Å². The third kappa shape index (κ3) is 4.21. The summed E-state index contributed by atoms with van der Waals surface area (Å²) in [6, 6.07) is 7.14. The molecule has 3 rings (SSSR count). The largest absolute Gasteiger partial charge is 0.492 e. The molecule has 2 fully saturated rings. The van der Waals surface area contributed by atoms with Crippen LogP contribution in [-0.4, -0.2) is 25.9 Å². The minimum atomic E-state index is 0.631. The molecule has 1 aliphatic heterocycles. The van der Waals surface area contributed by atoms with Crippen molar-refractivity contribution >= 4 is 15.9 Å². The van der Waals surface area contributed by atoms with Gasteiger partial charge in [0.1, 0.15) is 5.75 Å². The van der Waals surface area contributed by atoms with E-state index >= 15 is 0 Å². The molecular formula is C16H22BrNO2. The van der Waals surface area contributed by atoms with Crippen molar-refractivity contribution in [2.75, 3.05) is 19.8 Å². The van der Waals surface area contributed by atoms with Crippen LogP contribution >= 0.6 is 15.9 Å². The molecule has 1 aromatic rings. The fraction of sp³-hybridized carbons (Fsp3) is 0.625. The predicted octanol–water partition coefficient (Wildman–Crippen LogP) is 3.51. The molecule has 1 aliphatic carbocycles. The molecule has 0 spiro atoms. The molecule has 1 N–H and O–H groups in total. The molecule has 0 aromatic heterocycles. The zero-order valence-electron chi connectivity index (χ0n) is 11.7. The maximum Gasteiger partial charge on any atom is 0.133 e. The fourth-order valence-electron chi connectivity index (χ4n) is 2.44. The zero-order valence-corrected chi connectivity index (χ0v) is 13.3. The Labute approximate surface area is 129 Å². The van der Waals surface area contributed by atoms with Crippen LogP contribution in [0, 0.1) is 5.92 Å². The Balaban J connectivity index is 1.50. The molecule has 0 unspecified atom stereocenters. The van der Waals surface area contributed by atoms with Gasteiger partial charge in [-0.2, -0.15) is 0 Å². The van der Waals surface area contributed by atoms with Crippen molar-refractivity contribution < 1.29 is 9.47 Å². The van der Waals surface area contributed by atoms with Gasteiger partial charge in [0.25, 0.3) is 0 Å². The Morgan fingerprint density at radius 3 is 2.70 bits per heavy atom. The fourth-order valence-corrected chi connectivity index (χ4v) is 2.98. The molecule has 0 radical (unpaired) electrons. The molecule has 1 saturated heterocycles. The summed E-state index contributed by atoms with van der Waals surface area (Å²) in [5, 5.41) is 3.53. The van der Waals surface area contributed by atoms with E-state index in [2.05, 4.69) is 39.4 Å². The SMILES string of the molecule is Brc1cc(CNC2CC2)ccc1OCC1CCOCC1. The Bertz CT molecular complexity index is 442. The molecule has 1 heterocycles. The van der Waals surface area contributed by atoms with Gasteiger partial charge in [0.2, 0.25) is 0 Å². The Hall–Kier alpha value is -0.580. The summed E-state index contributed by atoms with van der Waals surface area (Å²) in [6.07, 6.45) is 4.88. The molecular weight excluding hydrogens is 318 g/mol. The Kier molecular flexibility index (Phi) is 4.97. The first-order valence-corrected chi connectivity index (χ1v) is 8.33. The minimum Gasteiger partial charge on any atom is -0.492 e. The third-order valence-corrected chi connectivity index (χ3v) is 4.60. The van der Waals surface area contributed by atoms with Crippen LogP contribution in [0.3, 0.4) is 0 Å². The number of halogens is 1. The summed E-state index contributed by atoms with van der Waals surface area (Å²) in [4.78, 5) is 0. The summed E-state index contributed by atoms with van der Waals surface area (Å²) in [6.45, 7) is 3.49. The van der Waals surface area contributed by atoms with Crippen LogP contribution in [0.25, 0.3) is 0 Å². The van der Waals surface area contributed by atoms with Crippen molar-refractivity contribution in [1.29, 1.82) is 0 Å². The van der Waals surface area contributed by atoms with E-state index in [1.807, 2.05) is 0 Å². The standard InChI is InChI=1S/C16H22BrNO2/c17-15-9-13(10-18-14-2-3-14)1-4-16(15)20-11-12-5-7-19-8-6-12/h1,4,9,12,14,18H,2-3,5-8,10-11H2. The average Bonchev–Trinajstić information content (AvgIpc) is 3.29. The quantitative estimate of drug-likeness (QED) is 0.860. The smallest absolute Gasteiger partial charge is 0.133 e. The molecule has 0 amide bonds. The van der Waals surface area contributed by atoms with E-state index in [9.17, 15) is 0 Å². The first-order valence-electron chi connectivity index (χ1n) is 7.53. The maximum atomic E-state index is 5.95. The number of ether oxygens (including phenoxy) is 2. The van der Waals surface area contributed by atoms with Crippen LogP contribution in [0.1, 0.15) is 31.2 Å². The summed E-state index contributed by atoms with van der Waals surface area (Å²) in [5.74, 6) is 1.58. The second-order valence-corrected chi connectivity index (χ2v) is 6.64. The average molecular weight is 340 g/mol. The lowest BCUT2D eigenvalue weighted by Gasteiger charge is -2.22. The van der Waals surface area contributed by atoms with Crippen molar-refractivity contribution in [3.8, 4) is 5.75 Å². The van der Waals surface area contributed by atoms with Crippen molar-refractivity contribution in [2.45, 2.75) is 38.3 Å². The minimum absolute atomic E-state index is 0.631. The topological polar surface area (TPSA) is 30.5 Å². The lowest BCUT2D eigenvalue weighted by Crippen LogP contribution is -2.21. The van der Waals surface area contributed by atoms with Gasteiger partial charge in [0, 0.05) is 25.8 Å². The molecule has 110 valence electrons. The van der Waals surface area contributed by atoms with Crippen molar-refractivity contribution in [3.63, 3.8) is 0 Å². The van der Waals surface area contributed by atoms with Gasteiger partial charge in [-0.05, 0) is 65.2 Å². The van der Waals surface area contributed by atoms with Crippen LogP contribution in [0.5, 0.6) is 5.75 Å². The zero-order chi connectivity index (χ0) is 13.8. The highest BCUT2D eigenvalue weighted by Crippen LogP contribution is 2.28. The maximum absolute atomic E-state index is 5.95. The van der Waals surface area contributed by atoms with E-state index in [4.69, 9.17) is 9.47 Å². The number of hydrogen-bond donors (Lipinski definition) is 1. The lowest BCUT2D eigenvalue weighted by molar-refractivity contribution is 0.0496. The molecule has 4 heteroatoms. The Morgan fingerprint density at radius 1 is 1.20 bits per heavy atom. The van der Waals surface area contributed by atoms with E-state index in [-0.39, 0.29) is 0 Å². The second kappa shape index (κ2) is 6.92. The van der Waals surface area contributed by atoms with Gasteiger partial charge in [0.15, 0.2) is 0 Å². The normalized spacial score (nSPS) is 20.1. The van der Waals surface area contributed by atoms with Gasteiger partial charge in [-0.1, -0.05) is 6.07 Å². The van der Waals surface area contributed by atoms with Crippen LogP contribution in [-0.2, 0) is 11.3 Å². The highest BCUT2D eigenvalue weighted by atomic mass is 79.9. The number of benzene rings is 1. The summed E-state index contributed by atoms with van der Waals surface area (Å²) >= 11 is 3.62. The molecule has 0 atom stereocenters. The highest BCUT2D eigenvalue weighted by Gasteiger charge is 2.20. The summed E-state index contributed by atoms with van der Waals surface area (Å²) < 4.78 is 12.4. The van der Waals surface area contributed by atoms with Crippen LogP contribution in [0.2, 0.25) is 0 Å². The van der Waals surface area contributed by atoms with Crippen molar-refractivity contribution in [1.82, 2.24) is 5.32 Å². The van der Waals surface area contributed by atoms with Crippen LogP contribution in [0.4, 0.5) is 0 Å². The first kappa shape index (κ1) is 14.4. The van der Waals surface area contributed by atoms with Gasteiger partial charge in [-0.25, -0.2) is 0 Å². The molecule has 1 aromatic carbocycles. The van der Waals surface area contributed by atoms with Gasteiger partial charge in [-0.3, -0.25) is 0 Å². The molecule has 20 heavy (non-hydrogen) atoms. The predicted molar refractivity (Wildman–Crippen MR) is 83.0 cm³/mol.